The lowest BCUT2D eigenvalue weighted by molar-refractivity contribution is 0.104. The van der Waals surface area contributed by atoms with Crippen LogP contribution < -0.4 is 0 Å². The van der Waals surface area contributed by atoms with E-state index in [9.17, 15) is 0 Å². The van der Waals surface area contributed by atoms with E-state index in [1.807, 2.05) is 0 Å². The van der Waals surface area contributed by atoms with Crippen LogP contribution in [0.5, 0.6) is 0 Å². The average Bonchev–Trinajstić information content (AvgIpc) is 2.27. The number of rotatable bonds is 6. The monoisotopic (exact) mass is 269 g/mol. The van der Waals surface area contributed by atoms with Crippen molar-refractivity contribution in [2.45, 2.75) is 47.1 Å². The Morgan fingerprint density at radius 3 is 2.11 bits per heavy atom. The summed E-state index contributed by atoms with van der Waals surface area (Å²) in [5.41, 5.74) is 0.414. The second-order valence-electron chi connectivity index (χ2n) is 7.62. The quantitative estimate of drug-likeness (QED) is 0.733. The molecular weight excluding hydrogens is 234 g/mol. The predicted molar refractivity (Wildman–Crippen MR) is 84.7 cm³/mol. The molecule has 3 nitrogen and oxygen atoms in total. The van der Waals surface area contributed by atoms with Gasteiger partial charge in [0.25, 0.3) is 0 Å². The normalized spacial score (nSPS) is 19.6. The topological polar surface area (TPSA) is 9.72 Å². The minimum absolute atomic E-state index is 0.414. The summed E-state index contributed by atoms with van der Waals surface area (Å²) in [7, 11) is 2.25. The summed E-state index contributed by atoms with van der Waals surface area (Å²) in [6, 6.07) is 0.708. The van der Waals surface area contributed by atoms with Crippen LogP contribution in [0.25, 0.3) is 0 Å². The SMILES string of the molecule is CC(C)N1CCN(CCCN(C)CC(C)(C)C)CC1. The summed E-state index contributed by atoms with van der Waals surface area (Å²) in [5.74, 6) is 0. The van der Waals surface area contributed by atoms with E-state index >= 15 is 0 Å². The minimum Gasteiger partial charge on any atom is -0.306 e. The fourth-order valence-corrected chi connectivity index (χ4v) is 2.96. The van der Waals surface area contributed by atoms with Crippen LogP contribution in [0.15, 0.2) is 0 Å². The molecule has 1 fully saturated rings. The lowest BCUT2D eigenvalue weighted by Gasteiger charge is -2.37. The molecule has 0 N–H and O–H groups in total. The Hall–Kier alpha value is -0.120. The molecule has 0 atom stereocenters. The zero-order valence-electron chi connectivity index (χ0n) is 14.1. The molecule has 0 spiro atoms. The van der Waals surface area contributed by atoms with Gasteiger partial charge in [0.2, 0.25) is 0 Å². The van der Waals surface area contributed by atoms with Gasteiger partial charge >= 0.3 is 0 Å². The summed E-state index contributed by atoms with van der Waals surface area (Å²) in [5, 5.41) is 0. The zero-order valence-corrected chi connectivity index (χ0v) is 14.1. The number of hydrogen-bond acceptors (Lipinski definition) is 3. The van der Waals surface area contributed by atoms with Crippen molar-refractivity contribution in [3.63, 3.8) is 0 Å². The molecule has 1 heterocycles. The Morgan fingerprint density at radius 2 is 1.63 bits per heavy atom. The summed E-state index contributed by atoms with van der Waals surface area (Å²) >= 11 is 0. The molecule has 1 aliphatic heterocycles. The van der Waals surface area contributed by atoms with E-state index < -0.39 is 0 Å². The molecule has 0 unspecified atom stereocenters. The van der Waals surface area contributed by atoms with Gasteiger partial charge in [-0.15, -0.1) is 0 Å². The molecular formula is C16H35N3. The summed E-state index contributed by atoms with van der Waals surface area (Å²) in [6.07, 6.45) is 1.30. The van der Waals surface area contributed by atoms with Crippen molar-refractivity contribution in [2.75, 3.05) is 52.9 Å². The first-order chi connectivity index (χ1) is 8.78. The van der Waals surface area contributed by atoms with Gasteiger partial charge in [-0.3, -0.25) is 4.90 Å². The van der Waals surface area contributed by atoms with Crippen LogP contribution in [0.2, 0.25) is 0 Å². The smallest absolute Gasteiger partial charge is 0.0113 e. The van der Waals surface area contributed by atoms with Crippen LogP contribution in [-0.2, 0) is 0 Å². The lowest BCUT2D eigenvalue weighted by Crippen LogP contribution is -2.49. The van der Waals surface area contributed by atoms with Crippen molar-refractivity contribution in [3.05, 3.63) is 0 Å². The molecule has 0 saturated carbocycles. The van der Waals surface area contributed by atoms with Crippen LogP contribution >= 0.6 is 0 Å². The fourth-order valence-electron chi connectivity index (χ4n) is 2.96. The zero-order chi connectivity index (χ0) is 14.5. The van der Waals surface area contributed by atoms with Crippen molar-refractivity contribution in [2.24, 2.45) is 5.41 Å². The highest BCUT2D eigenvalue weighted by Crippen LogP contribution is 2.14. The van der Waals surface area contributed by atoms with Crippen molar-refractivity contribution >= 4 is 0 Å². The molecule has 3 heteroatoms. The standard InChI is InChI=1S/C16H35N3/c1-15(2)19-12-10-18(11-13-19)9-7-8-17(6)14-16(3,4)5/h15H,7-14H2,1-6H3. The lowest BCUT2D eigenvalue weighted by atomic mass is 9.96. The third-order valence-corrected chi connectivity index (χ3v) is 3.90. The molecule has 19 heavy (non-hydrogen) atoms. The van der Waals surface area contributed by atoms with E-state index in [1.54, 1.807) is 0 Å². The van der Waals surface area contributed by atoms with Gasteiger partial charge in [0, 0.05) is 38.8 Å². The molecule has 0 aromatic carbocycles. The molecule has 0 aromatic heterocycles. The Balaban J connectivity index is 2.11. The van der Waals surface area contributed by atoms with Gasteiger partial charge in [0.05, 0.1) is 0 Å². The molecule has 0 bridgehead atoms. The summed E-state index contributed by atoms with van der Waals surface area (Å²) in [4.78, 5) is 7.69. The van der Waals surface area contributed by atoms with E-state index in [0.717, 1.165) is 0 Å². The third kappa shape index (κ3) is 7.28. The maximum atomic E-state index is 2.63. The van der Waals surface area contributed by atoms with Crippen molar-refractivity contribution in [3.8, 4) is 0 Å². The highest BCUT2D eigenvalue weighted by atomic mass is 15.3. The Bertz CT molecular complexity index is 237. The van der Waals surface area contributed by atoms with E-state index in [4.69, 9.17) is 0 Å². The third-order valence-electron chi connectivity index (χ3n) is 3.90. The molecule has 114 valence electrons. The van der Waals surface area contributed by atoms with Gasteiger partial charge in [-0.2, -0.15) is 0 Å². The first-order valence-corrected chi connectivity index (χ1v) is 7.93. The van der Waals surface area contributed by atoms with Gasteiger partial charge in [0.15, 0.2) is 0 Å². The Kier molecular flexibility index (Phi) is 6.78. The number of piperazine rings is 1. The average molecular weight is 269 g/mol. The largest absolute Gasteiger partial charge is 0.306 e. The molecule has 0 radical (unpaired) electrons. The van der Waals surface area contributed by atoms with Crippen LogP contribution in [0.3, 0.4) is 0 Å². The highest BCUT2D eigenvalue weighted by molar-refractivity contribution is 4.74. The maximum Gasteiger partial charge on any atom is 0.0113 e. The van der Waals surface area contributed by atoms with E-state index in [0.29, 0.717) is 11.5 Å². The predicted octanol–water partition coefficient (Wildman–Crippen LogP) is 2.38. The Labute approximate surface area is 120 Å². The first-order valence-electron chi connectivity index (χ1n) is 7.93. The minimum atomic E-state index is 0.414. The summed E-state index contributed by atoms with van der Waals surface area (Å²) in [6.45, 7) is 20.2. The van der Waals surface area contributed by atoms with Crippen LogP contribution in [-0.4, -0.2) is 73.6 Å². The molecule has 1 rings (SSSR count). The maximum absolute atomic E-state index is 2.63. The van der Waals surface area contributed by atoms with E-state index in [2.05, 4.69) is 56.4 Å². The van der Waals surface area contributed by atoms with Crippen molar-refractivity contribution < 1.29 is 0 Å². The van der Waals surface area contributed by atoms with Crippen LogP contribution in [0.1, 0.15) is 41.0 Å². The first kappa shape index (κ1) is 16.9. The highest BCUT2D eigenvalue weighted by Gasteiger charge is 2.18. The van der Waals surface area contributed by atoms with E-state index in [1.165, 1.54) is 52.2 Å². The fraction of sp³-hybridized carbons (Fsp3) is 1.00. The molecule has 1 aliphatic rings. The molecule has 1 saturated heterocycles. The summed E-state index contributed by atoms with van der Waals surface area (Å²) < 4.78 is 0. The second kappa shape index (κ2) is 7.61. The van der Waals surface area contributed by atoms with Crippen LogP contribution in [0.4, 0.5) is 0 Å². The van der Waals surface area contributed by atoms with Crippen molar-refractivity contribution in [1.82, 2.24) is 14.7 Å². The Morgan fingerprint density at radius 1 is 1.05 bits per heavy atom. The number of hydrogen-bond donors (Lipinski definition) is 0. The molecule has 0 aliphatic carbocycles. The van der Waals surface area contributed by atoms with Gasteiger partial charge in [-0.1, -0.05) is 20.8 Å². The van der Waals surface area contributed by atoms with Crippen molar-refractivity contribution in [1.29, 1.82) is 0 Å². The van der Waals surface area contributed by atoms with Gasteiger partial charge in [-0.05, 0) is 45.8 Å². The van der Waals surface area contributed by atoms with Gasteiger partial charge in [0.1, 0.15) is 0 Å². The number of nitrogens with zero attached hydrogens (tertiary/aromatic N) is 3. The van der Waals surface area contributed by atoms with E-state index in [-0.39, 0.29) is 0 Å². The second-order valence-corrected chi connectivity index (χ2v) is 7.62. The van der Waals surface area contributed by atoms with Gasteiger partial charge in [-0.25, -0.2) is 0 Å². The molecule has 0 amide bonds. The molecule has 0 aromatic rings. The van der Waals surface area contributed by atoms with Gasteiger partial charge < -0.3 is 9.80 Å². The van der Waals surface area contributed by atoms with Crippen LogP contribution in [0, 0.1) is 5.41 Å².